The second kappa shape index (κ2) is 7.68. The zero-order valence-corrected chi connectivity index (χ0v) is 11.0. The molecule has 2 N–H and O–H groups in total. The van der Waals surface area contributed by atoms with Crippen molar-refractivity contribution in [3.05, 3.63) is 23.9 Å². The van der Waals surface area contributed by atoms with E-state index in [2.05, 4.69) is 19.9 Å². The molecule has 0 aliphatic rings. The van der Waals surface area contributed by atoms with E-state index in [1.807, 2.05) is 41.5 Å². The Kier molecular flexibility index (Phi) is 6.92. The van der Waals surface area contributed by atoms with Crippen molar-refractivity contribution in [2.24, 2.45) is 0 Å². The standard InChI is InChI=1S/C8H10N4.2C2H6/c1-5-3-10-8(11-5)7-4-9-6(2)12-7;2*1-2/h3-4H,1-2H3,(H,9,12)(H,10,11);2*1-2H3. The summed E-state index contributed by atoms with van der Waals surface area (Å²) in [7, 11) is 0. The number of aromatic amines is 2. The average Bonchev–Trinajstić information content (AvgIpc) is 2.93. The molecule has 4 nitrogen and oxygen atoms in total. The maximum Gasteiger partial charge on any atom is 0.155 e. The van der Waals surface area contributed by atoms with Crippen LogP contribution in [0, 0.1) is 13.8 Å². The molecule has 0 aromatic carbocycles. The number of nitrogens with zero attached hydrogens (tertiary/aromatic N) is 2. The van der Waals surface area contributed by atoms with Gasteiger partial charge in [0.15, 0.2) is 5.82 Å². The third kappa shape index (κ3) is 3.88. The SMILES string of the molecule is CC.CC.Cc1cnc(-c2cnc(C)[nH]2)[nH]1. The third-order valence-corrected chi connectivity index (χ3v) is 1.66. The molecule has 0 bridgehead atoms. The predicted molar refractivity (Wildman–Crippen MR) is 68.3 cm³/mol. The fourth-order valence-corrected chi connectivity index (χ4v) is 1.09. The maximum atomic E-state index is 4.17. The first kappa shape index (κ1) is 14.4. The monoisotopic (exact) mass is 222 g/mol. The van der Waals surface area contributed by atoms with Crippen LogP contribution in [-0.2, 0) is 0 Å². The molecule has 0 atom stereocenters. The van der Waals surface area contributed by atoms with E-state index in [0.717, 1.165) is 23.0 Å². The minimum atomic E-state index is 0.841. The molecule has 0 saturated heterocycles. The predicted octanol–water partition coefficient (Wildman–Crippen LogP) is 3.47. The van der Waals surface area contributed by atoms with Crippen LogP contribution in [0.1, 0.15) is 39.2 Å². The lowest BCUT2D eigenvalue weighted by Crippen LogP contribution is -1.80. The lowest BCUT2D eigenvalue weighted by molar-refractivity contribution is 1.14. The van der Waals surface area contributed by atoms with Crippen molar-refractivity contribution in [1.82, 2.24) is 19.9 Å². The molecule has 0 unspecified atom stereocenters. The number of rotatable bonds is 1. The van der Waals surface area contributed by atoms with E-state index >= 15 is 0 Å². The Labute approximate surface area is 97.5 Å². The van der Waals surface area contributed by atoms with E-state index in [0.29, 0.717) is 0 Å². The number of aryl methyl sites for hydroxylation is 2. The zero-order valence-electron chi connectivity index (χ0n) is 11.0. The Morgan fingerprint density at radius 1 is 0.875 bits per heavy atom. The van der Waals surface area contributed by atoms with E-state index in [-0.39, 0.29) is 0 Å². The Balaban J connectivity index is 0.000000509. The Bertz CT molecular complexity index is 349. The van der Waals surface area contributed by atoms with Crippen LogP contribution < -0.4 is 0 Å². The summed E-state index contributed by atoms with van der Waals surface area (Å²) in [6.07, 6.45) is 3.57. The first-order valence-electron chi connectivity index (χ1n) is 5.79. The summed E-state index contributed by atoms with van der Waals surface area (Å²) >= 11 is 0. The van der Waals surface area contributed by atoms with E-state index in [1.54, 1.807) is 12.4 Å². The van der Waals surface area contributed by atoms with E-state index in [1.165, 1.54) is 0 Å². The third-order valence-electron chi connectivity index (χ3n) is 1.66. The lowest BCUT2D eigenvalue weighted by Gasteiger charge is -1.87. The van der Waals surface area contributed by atoms with Gasteiger partial charge in [0.05, 0.1) is 6.20 Å². The molecule has 0 saturated carbocycles. The molecular formula is C12H22N4. The molecule has 0 spiro atoms. The van der Waals surface area contributed by atoms with Gasteiger partial charge in [0.1, 0.15) is 11.5 Å². The van der Waals surface area contributed by atoms with Gasteiger partial charge in [-0.05, 0) is 13.8 Å². The first-order valence-corrected chi connectivity index (χ1v) is 5.79. The van der Waals surface area contributed by atoms with E-state index in [9.17, 15) is 0 Å². The molecule has 16 heavy (non-hydrogen) atoms. The van der Waals surface area contributed by atoms with Crippen molar-refractivity contribution in [2.45, 2.75) is 41.5 Å². The topological polar surface area (TPSA) is 57.4 Å². The molecule has 4 heteroatoms. The summed E-state index contributed by atoms with van der Waals surface area (Å²) in [5.41, 5.74) is 1.98. The quantitative estimate of drug-likeness (QED) is 0.776. The average molecular weight is 222 g/mol. The molecular weight excluding hydrogens is 200 g/mol. The van der Waals surface area contributed by atoms with E-state index < -0.39 is 0 Å². The second-order valence-electron chi connectivity index (χ2n) is 2.80. The first-order chi connectivity index (χ1) is 7.75. The van der Waals surface area contributed by atoms with Gasteiger partial charge in [0.25, 0.3) is 0 Å². The maximum absolute atomic E-state index is 4.17. The van der Waals surface area contributed by atoms with Gasteiger partial charge < -0.3 is 9.97 Å². The molecule has 0 radical (unpaired) electrons. The summed E-state index contributed by atoms with van der Waals surface area (Å²) in [6.45, 7) is 11.9. The normalized spacial score (nSPS) is 8.62. The van der Waals surface area contributed by atoms with Gasteiger partial charge in [-0.15, -0.1) is 0 Å². The molecule has 2 aromatic heterocycles. The summed E-state index contributed by atoms with van der Waals surface area (Å²) in [4.78, 5) is 14.5. The van der Waals surface area contributed by atoms with Crippen LogP contribution >= 0.6 is 0 Å². The Hall–Kier alpha value is -1.58. The summed E-state index contributed by atoms with van der Waals surface area (Å²) in [6, 6.07) is 0. The van der Waals surface area contributed by atoms with Gasteiger partial charge in [0.2, 0.25) is 0 Å². The minimum absolute atomic E-state index is 0.841. The van der Waals surface area contributed by atoms with Crippen molar-refractivity contribution >= 4 is 0 Å². The van der Waals surface area contributed by atoms with Crippen LogP contribution in [0.25, 0.3) is 11.5 Å². The summed E-state index contributed by atoms with van der Waals surface area (Å²) in [5, 5.41) is 0. The van der Waals surface area contributed by atoms with Gasteiger partial charge in [0, 0.05) is 11.9 Å². The Morgan fingerprint density at radius 3 is 1.88 bits per heavy atom. The molecule has 90 valence electrons. The van der Waals surface area contributed by atoms with Gasteiger partial charge in [-0.25, -0.2) is 9.97 Å². The Morgan fingerprint density at radius 2 is 1.50 bits per heavy atom. The fraction of sp³-hybridized carbons (Fsp3) is 0.500. The molecule has 2 heterocycles. The number of H-pyrrole nitrogens is 2. The fourth-order valence-electron chi connectivity index (χ4n) is 1.09. The number of aromatic nitrogens is 4. The van der Waals surface area contributed by atoms with Crippen LogP contribution in [0.2, 0.25) is 0 Å². The van der Waals surface area contributed by atoms with Crippen LogP contribution in [0.5, 0.6) is 0 Å². The molecule has 2 aromatic rings. The summed E-state index contributed by atoms with van der Waals surface area (Å²) < 4.78 is 0. The minimum Gasteiger partial charge on any atom is -0.341 e. The van der Waals surface area contributed by atoms with E-state index in [4.69, 9.17) is 0 Å². The highest BCUT2D eigenvalue weighted by Gasteiger charge is 2.02. The van der Waals surface area contributed by atoms with Crippen LogP contribution in [-0.4, -0.2) is 19.9 Å². The van der Waals surface area contributed by atoms with Crippen LogP contribution in [0.15, 0.2) is 12.4 Å². The smallest absolute Gasteiger partial charge is 0.155 e. The highest BCUT2D eigenvalue weighted by molar-refractivity contribution is 5.48. The largest absolute Gasteiger partial charge is 0.341 e. The highest BCUT2D eigenvalue weighted by Crippen LogP contribution is 2.11. The van der Waals surface area contributed by atoms with Gasteiger partial charge in [-0.1, -0.05) is 27.7 Å². The highest BCUT2D eigenvalue weighted by atomic mass is 15.0. The van der Waals surface area contributed by atoms with Gasteiger partial charge in [-0.2, -0.15) is 0 Å². The van der Waals surface area contributed by atoms with Gasteiger partial charge in [-0.3, -0.25) is 0 Å². The molecule has 0 aliphatic heterocycles. The van der Waals surface area contributed by atoms with Gasteiger partial charge >= 0.3 is 0 Å². The van der Waals surface area contributed by atoms with Crippen molar-refractivity contribution in [2.75, 3.05) is 0 Å². The molecule has 0 aliphatic carbocycles. The van der Waals surface area contributed by atoms with Crippen LogP contribution in [0.3, 0.4) is 0 Å². The van der Waals surface area contributed by atoms with Crippen LogP contribution in [0.4, 0.5) is 0 Å². The molecule has 2 rings (SSSR count). The number of nitrogens with one attached hydrogen (secondary N) is 2. The number of hydrogen-bond acceptors (Lipinski definition) is 2. The van der Waals surface area contributed by atoms with Crippen molar-refractivity contribution in [3.8, 4) is 11.5 Å². The number of imidazole rings is 2. The molecule has 0 amide bonds. The molecule has 0 fully saturated rings. The van der Waals surface area contributed by atoms with Crippen molar-refractivity contribution in [1.29, 1.82) is 0 Å². The summed E-state index contributed by atoms with van der Waals surface area (Å²) in [5.74, 6) is 1.74. The zero-order chi connectivity index (χ0) is 12.6. The second-order valence-corrected chi connectivity index (χ2v) is 2.80. The number of hydrogen-bond donors (Lipinski definition) is 2. The lowest BCUT2D eigenvalue weighted by atomic mass is 10.5. The van der Waals surface area contributed by atoms with Crippen molar-refractivity contribution in [3.63, 3.8) is 0 Å². The van der Waals surface area contributed by atoms with Crippen molar-refractivity contribution < 1.29 is 0 Å².